The Labute approximate surface area is 272 Å². The van der Waals surface area contributed by atoms with Crippen LogP contribution in [0.15, 0.2) is 121 Å². The fourth-order valence-electron chi connectivity index (χ4n) is 8.17. The molecule has 2 heteroatoms. The Bertz CT molecular complexity index is 1810. The van der Waals surface area contributed by atoms with E-state index in [-0.39, 0.29) is 0 Å². The van der Waals surface area contributed by atoms with Gasteiger partial charge in [-0.05, 0) is 116 Å². The first-order chi connectivity index (χ1) is 21.9. The fraction of sp³-hybridized carbons (Fsp3) is 0.256. The lowest BCUT2D eigenvalue weighted by Crippen LogP contribution is -2.33. The first-order valence-electron chi connectivity index (χ1n) is 16.6. The smallest absolute Gasteiger partial charge is 0.00939 e. The molecule has 226 valence electrons. The number of fused-ring (bicyclic) bond motifs is 2. The van der Waals surface area contributed by atoms with E-state index >= 15 is 0 Å². The zero-order valence-electron chi connectivity index (χ0n) is 27.3. The highest BCUT2D eigenvalue weighted by Crippen LogP contribution is 2.57. The SMILES string of the molecule is Cc1cc(C)cc(P(c2cc(C)cc(C)c2)[C@@H](C)[C@H]2CCC[C@H]2P(c2cccc3ccccc23)c2cccc3ccccc23)c1. The molecule has 1 aliphatic rings. The van der Waals surface area contributed by atoms with E-state index in [1.807, 2.05) is 0 Å². The minimum Gasteiger partial charge on any atom is -0.0616 e. The van der Waals surface area contributed by atoms with Gasteiger partial charge >= 0.3 is 0 Å². The molecule has 1 saturated carbocycles. The predicted molar refractivity (Wildman–Crippen MR) is 203 cm³/mol. The van der Waals surface area contributed by atoms with Gasteiger partial charge in [0.05, 0.1) is 0 Å². The first-order valence-corrected chi connectivity index (χ1v) is 19.4. The second-order valence-electron chi connectivity index (χ2n) is 13.3. The third-order valence-electron chi connectivity index (χ3n) is 9.91. The molecule has 0 spiro atoms. The van der Waals surface area contributed by atoms with Crippen molar-refractivity contribution < 1.29 is 0 Å². The van der Waals surface area contributed by atoms with E-state index in [0.29, 0.717) is 17.2 Å². The Hall–Kier alpha value is -3.30. The molecule has 0 N–H and O–H groups in total. The maximum atomic E-state index is 2.61. The minimum absolute atomic E-state index is 0.536. The van der Waals surface area contributed by atoms with E-state index in [0.717, 1.165) is 0 Å². The molecule has 0 amide bonds. The zero-order chi connectivity index (χ0) is 31.1. The van der Waals surface area contributed by atoms with Gasteiger partial charge in [0.25, 0.3) is 0 Å². The molecule has 6 aromatic carbocycles. The molecule has 0 heterocycles. The van der Waals surface area contributed by atoms with E-state index in [4.69, 9.17) is 0 Å². The van der Waals surface area contributed by atoms with Crippen molar-refractivity contribution in [2.75, 3.05) is 0 Å². The van der Waals surface area contributed by atoms with E-state index in [1.165, 1.54) is 63.1 Å². The van der Waals surface area contributed by atoms with Crippen molar-refractivity contribution in [1.29, 1.82) is 0 Å². The summed E-state index contributed by atoms with van der Waals surface area (Å²) in [6.07, 6.45) is 3.93. The maximum Gasteiger partial charge on any atom is -0.00939 e. The molecule has 0 unspecified atom stereocenters. The molecule has 3 atom stereocenters. The van der Waals surface area contributed by atoms with Gasteiger partial charge in [0, 0.05) is 0 Å². The average molecular weight is 623 g/mol. The van der Waals surface area contributed by atoms with Crippen LogP contribution in [-0.4, -0.2) is 11.3 Å². The average Bonchev–Trinajstić information content (AvgIpc) is 3.50. The number of aryl methyl sites for hydroxylation is 4. The molecule has 0 nitrogen and oxygen atoms in total. The van der Waals surface area contributed by atoms with Crippen molar-refractivity contribution in [1.82, 2.24) is 0 Å². The largest absolute Gasteiger partial charge is 0.0616 e. The summed E-state index contributed by atoms with van der Waals surface area (Å²) >= 11 is 0. The predicted octanol–water partition coefficient (Wildman–Crippen LogP) is 10.3. The normalized spacial score (nSPS) is 17.5. The summed E-state index contributed by atoms with van der Waals surface area (Å²) < 4.78 is 0. The molecule has 0 aromatic heterocycles. The molecule has 1 aliphatic carbocycles. The molecule has 0 bridgehead atoms. The molecule has 0 radical (unpaired) electrons. The van der Waals surface area contributed by atoms with Crippen LogP contribution in [0.1, 0.15) is 48.4 Å². The molecule has 7 rings (SSSR count). The Kier molecular flexibility index (Phi) is 8.66. The highest BCUT2D eigenvalue weighted by Gasteiger charge is 2.42. The molecular weight excluding hydrogens is 578 g/mol. The summed E-state index contributed by atoms with van der Waals surface area (Å²) in [5.74, 6) is 0.654. The van der Waals surface area contributed by atoms with Gasteiger partial charge in [-0.15, -0.1) is 0 Å². The summed E-state index contributed by atoms with van der Waals surface area (Å²) in [6.45, 7) is 11.7. The summed E-state index contributed by atoms with van der Waals surface area (Å²) in [4.78, 5) is 0. The summed E-state index contributed by atoms with van der Waals surface area (Å²) in [6, 6.07) is 47.0. The van der Waals surface area contributed by atoms with Gasteiger partial charge in [-0.2, -0.15) is 0 Å². The van der Waals surface area contributed by atoms with Crippen LogP contribution in [0.5, 0.6) is 0 Å². The Morgan fingerprint density at radius 3 is 1.47 bits per heavy atom. The number of hydrogen-bond acceptors (Lipinski definition) is 0. The van der Waals surface area contributed by atoms with Crippen LogP contribution in [0.25, 0.3) is 21.5 Å². The molecule has 1 fully saturated rings. The van der Waals surface area contributed by atoms with Crippen LogP contribution < -0.4 is 21.2 Å². The van der Waals surface area contributed by atoms with Crippen LogP contribution >= 0.6 is 15.8 Å². The van der Waals surface area contributed by atoms with Gasteiger partial charge in [0.15, 0.2) is 0 Å². The monoisotopic (exact) mass is 622 g/mol. The van der Waals surface area contributed by atoms with E-state index < -0.39 is 15.8 Å². The summed E-state index contributed by atoms with van der Waals surface area (Å²) in [5.41, 5.74) is 6.73. The molecule has 6 aromatic rings. The Morgan fingerprint density at radius 1 is 0.533 bits per heavy atom. The summed E-state index contributed by atoms with van der Waals surface area (Å²) in [5, 5.41) is 11.8. The van der Waals surface area contributed by atoms with Gasteiger partial charge < -0.3 is 0 Å². The van der Waals surface area contributed by atoms with Crippen molar-refractivity contribution >= 4 is 58.6 Å². The lowest BCUT2D eigenvalue weighted by atomic mass is 10.0. The Morgan fingerprint density at radius 2 is 0.978 bits per heavy atom. The van der Waals surface area contributed by atoms with Crippen molar-refractivity contribution in [3.8, 4) is 0 Å². The van der Waals surface area contributed by atoms with Gasteiger partial charge in [-0.1, -0.05) is 157 Å². The van der Waals surface area contributed by atoms with Crippen LogP contribution in [0, 0.1) is 33.6 Å². The van der Waals surface area contributed by atoms with Crippen LogP contribution in [0.4, 0.5) is 0 Å². The second-order valence-corrected chi connectivity index (χ2v) is 18.3. The maximum absolute atomic E-state index is 2.61. The molecule has 45 heavy (non-hydrogen) atoms. The van der Waals surface area contributed by atoms with Gasteiger partial charge in [0.1, 0.15) is 0 Å². The van der Waals surface area contributed by atoms with Crippen LogP contribution in [0.3, 0.4) is 0 Å². The molecular formula is C43H44P2. The molecule has 0 saturated heterocycles. The van der Waals surface area contributed by atoms with Crippen LogP contribution in [-0.2, 0) is 0 Å². The van der Waals surface area contributed by atoms with Crippen molar-refractivity contribution in [2.45, 2.75) is 65.2 Å². The van der Waals surface area contributed by atoms with Crippen LogP contribution in [0.2, 0.25) is 0 Å². The van der Waals surface area contributed by atoms with Gasteiger partial charge in [-0.3, -0.25) is 0 Å². The number of rotatable bonds is 7. The lowest BCUT2D eigenvalue weighted by molar-refractivity contribution is 0.549. The highest BCUT2D eigenvalue weighted by atomic mass is 31.1. The summed E-state index contributed by atoms with van der Waals surface area (Å²) in [7, 11) is -1.14. The number of hydrogen-bond donors (Lipinski definition) is 0. The quantitative estimate of drug-likeness (QED) is 0.155. The van der Waals surface area contributed by atoms with Gasteiger partial charge in [0.2, 0.25) is 0 Å². The zero-order valence-corrected chi connectivity index (χ0v) is 29.1. The third-order valence-corrected chi connectivity index (χ3v) is 15.9. The lowest BCUT2D eigenvalue weighted by Gasteiger charge is -2.38. The third kappa shape index (κ3) is 6.01. The standard InChI is InChI=1S/C43H44P2/c1-29-23-30(2)26-36(25-29)44(37-27-31(3)24-32(4)28-37)33(5)38-19-12-22-41(38)45(42-20-10-15-34-13-6-8-17-39(34)42)43-21-11-16-35-14-7-9-18-40(35)43/h6-11,13-18,20-21,23-28,33,38,41H,12,19,22H2,1-5H3/t33-,38+,41+/m0/s1. The fourth-order valence-corrected chi connectivity index (χ4v) is 15.3. The molecule has 0 aliphatic heterocycles. The second kappa shape index (κ2) is 12.8. The van der Waals surface area contributed by atoms with E-state index in [9.17, 15) is 0 Å². The Balaban J connectivity index is 1.41. The van der Waals surface area contributed by atoms with Gasteiger partial charge in [-0.25, -0.2) is 0 Å². The first kappa shape index (κ1) is 30.4. The van der Waals surface area contributed by atoms with E-state index in [2.05, 4.69) is 156 Å². The van der Waals surface area contributed by atoms with Crippen molar-refractivity contribution in [3.05, 3.63) is 144 Å². The number of benzene rings is 6. The minimum atomic E-state index is -0.600. The van der Waals surface area contributed by atoms with Crippen molar-refractivity contribution in [3.63, 3.8) is 0 Å². The topological polar surface area (TPSA) is 0 Å². The van der Waals surface area contributed by atoms with Crippen molar-refractivity contribution in [2.24, 2.45) is 5.92 Å². The highest BCUT2D eigenvalue weighted by molar-refractivity contribution is 7.75. The van der Waals surface area contributed by atoms with E-state index in [1.54, 1.807) is 21.2 Å².